The molecule has 2 aromatic rings. The van der Waals surface area contributed by atoms with E-state index in [9.17, 15) is 9.18 Å². The smallest absolute Gasteiger partial charge is 0.233 e. The lowest BCUT2D eigenvalue weighted by Gasteiger charge is -2.20. The summed E-state index contributed by atoms with van der Waals surface area (Å²) in [7, 11) is 1.69. The van der Waals surface area contributed by atoms with E-state index in [0.717, 1.165) is 5.56 Å². The van der Waals surface area contributed by atoms with Gasteiger partial charge in [-0.15, -0.1) is 5.10 Å². The van der Waals surface area contributed by atoms with Crippen molar-refractivity contribution in [3.8, 4) is 0 Å². The molecule has 0 aliphatic carbocycles. The number of carbonyl (C=O) groups is 1. The fraction of sp³-hybridized carbons (Fsp3) is 0.467. The second-order valence-corrected chi connectivity index (χ2v) is 7.15. The minimum Gasteiger partial charge on any atom is -0.341 e. The van der Waals surface area contributed by atoms with Crippen LogP contribution in [0.4, 0.5) is 4.39 Å². The van der Waals surface area contributed by atoms with Crippen LogP contribution in [0.1, 0.15) is 26.3 Å². The molecule has 1 aromatic heterocycles. The quantitative estimate of drug-likeness (QED) is 0.784. The Balaban J connectivity index is 1.93. The van der Waals surface area contributed by atoms with Crippen LogP contribution in [0.25, 0.3) is 0 Å². The number of halogens is 1. The number of nitrogens with zero attached hydrogens (tertiary/aromatic N) is 5. The number of thioether (sulfide) groups is 1. The molecule has 0 radical (unpaired) electrons. The van der Waals surface area contributed by atoms with Crippen molar-refractivity contribution in [2.24, 2.45) is 0 Å². The zero-order valence-electron chi connectivity index (χ0n) is 13.7. The highest BCUT2D eigenvalue weighted by atomic mass is 32.2. The lowest BCUT2D eigenvalue weighted by atomic mass is 10.1. The molecular weight excluding hydrogens is 317 g/mol. The van der Waals surface area contributed by atoms with E-state index >= 15 is 0 Å². The zero-order chi connectivity index (χ0) is 17.0. The van der Waals surface area contributed by atoms with E-state index < -0.39 is 0 Å². The second-order valence-electron chi connectivity index (χ2n) is 6.21. The van der Waals surface area contributed by atoms with Crippen molar-refractivity contribution in [2.45, 2.75) is 38.0 Å². The Kier molecular flexibility index (Phi) is 5.35. The van der Waals surface area contributed by atoms with Crippen LogP contribution in [-0.2, 0) is 16.9 Å². The molecule has 0 unspecified atom stereocenters. The number of carbonyl (C=O) groups excluding carboxylic acids is 1. The molecule has 23 heavy (non-hydrogen) atoms. The van der Waals surface area contributed by atoms with E-state index in [-0.39, 0.29) is 23.0 Å². The first-order chi connectivity index (χ1) is 10.8. The summed E-state index contributed by atoms with van der Waals surface area (Å²) < 4.78 is 14.9. The lowest BCUT2D eigenvalue weighted by Crippen LogP contribution is -2.28. The number of benzene rings is 1. The molecule has 0 bridgehead atoms. The Morgan fingerprint density at radius 3 is 2.78 bits per heavy atom. The number of hydrogen-bond acceptors (Lipinski definition) is 5. The first-order valence-electron chi connectivity index (χ1n) is 7.17. The molecule has 6 nitrogen and oxygen atoms in total. The maximum atomic E-state index is 13.2. The van der Waals surface area contributed by atoms with Crippen LogP contribution in [0.5, 0.6) is 0 Å². The summed E-state index contributed by atoms with van der Waals surface area (Å²) in [6.45, 7) is 6.34. The van der Waals surface area contributed by atoms with Gasteiger partial charge in [0.1, 0.15) is 5.82 Å². The van der Waals surface area contributed by atoms with E-state index in [1.807, 2.05) is 20.8 Å². The molecule has 0 spiro atoms. The number of tetrazole rings is 1. The van der Waals surface area contributed by atoms with Crippen LogP contribution in [0.2, 0.25) is 0 Å². The maximum Gasteiger partial charge on any atom is 0.233 e. The van der Waals surface area contributed by atoms with Crippen molar-refractivity contribution >= 4 is 17.7 Å². The van der Waals surface area contributed by atoms with E-state index in [4.69, 9.17) is 0 Å². The summed E-state index contributed by atoms with van der Waals surface area (Å²) in [6, 6.07) is 6.24. The molecule has 2 rings (SSSR count). The molecule has 0 saturated heterocycles. The van der Waals surface area contributed by atoms with E-state index in [1.165, 1.54) is 23.9 Å². The standard InChI is InChI=1S/C15H20FN5OS/c1-15(2,3)21-14(17-18-19-21)23-10-13(22)20(4)9-11-6-5-7-12(16)8-11/h5-8H,9-10H2,1-4H3. The van der Waals surface area contributed by atoms with Gasteiger partial charge in [-0.05, 0) is 48.9 Å². The third-order valence-corrected chi connectivity index (χ3v) is 4.04. The first kappa shape index (κ1) is 17.4. The number of rotatable bonds is 5. The van der Waals surface area contributed by atoms with Crippen molar-refractivity contribution in [3.63, 3.8) is 0 Å². The van der Waals surface area contributed by atoms with Gasteiger partial charge in [-0.2, -0.15) is 0 Å². The summed E-state index contributed by atoms with van der Waals surface area (Å²) >= 11 is 1.29. The van der Waals surface area contributed by atoms with Crippen molar-refractivity contribution in [1.29, 1.82) is 0 Å². The van der Waals surface area contributed by atoms with Crippen LogP contribution >= 0.6 is 11.8 Å². The van der Waals surface area contributed by atoms with Gasteiger partial charge < -0.3 is 4.90 Å². The Labute approximate surface area is 139 Å². The number of amides is 1. The van der Waals surface area contributed by atoms with Crippen molar-refractivity contribution < 1.29 is 9.18 Å². The fourth-order valence-corrected chi connectivity index (χ4v) is 2.92. The SMILES string of the molecule is CN(Cc1cccc(F)c1)C(=O)CSc1nnnn1C(C)(C)C. The van der Waals surface area contributed by atoms with E-state index in [1.54, 1.807) is 28.8 Å². The maximum absolute atomic E-state index is 13.2. The summed E-state index contributed by atoms with van der Waals surface area (Å²) in [4.78, 5) is 13.8. The third kappa shape index (κ3) is 4.75. The highest BCUT2D eigenvalue weighted by Crippen LogP contribution is 2.21. The molecule has 0 fully saturated rings. The van der Waals surface area contributed by atoms with Gasteiger partial charge in [0.25, 0.3) is 0 Å². The third-order valence-electron chi connectivity index (χ3n) is 3.14. The number of hydrogen-bond donors (Lipinski definition) is 0. The molecule has 124 valence electrons. The predicted molar refractivity (Wildman–Crippen MR) is 86.4 cm³/mol. The van der Waals surface area contributed by atoms with Crippen LogP contribution in [-0.4, -0.2) is 43.8 Å². The average Bonchev–Trinajstić information content (AvgIpc) is 2.93. The van der Waals surface area contributed by atoms with Crippen LogP contribution in [0.15, 0.2) is 29.4 Å². The Bertz CT molecular complexity index is 683. The van der Waals surface area contributed by atoms with Gasteiger partial charge in [-0.25, -0.2) is 9.07 Å². The molecule has 0 saturated carbocycles. The molecule has 0 atom stereocenters. The van der Waals surface area contributed by atoms with Gasteiger partial charge in [0, 0.05) is 13.6 Å². The fourth-order valence-electron chi connectivity index (χ4n) is 1.92. The van der Waals surface area contributed by atoms with Crippen LogP contribution < -0.4 is 0 Å². The number of aromatic nitrogens is 4. The normalized spacial score (nSPS) is 11.5. The first-order valence-corrected chi connectivity index (χ1v) is 8.16. The van der Waals surface area contributed by atoms with Gasteiger partial charge >= 0.3 is 0 Å². The minimum atomic E-state index is -0.304. The minimum absolute atomic E-state index is 0.0669. The molecule has 0 N–H and O–H groups in total. The summed E-state index contributed by atoms with van der Waals surface area (Å²) in [5.41, 5.74) is 0.507. The summed E-state index contributed by atoms with van der Waals surface area (Å²) in [5.74, 6) is -0.146. The molecule has 1 amide bonds. The predicted octanol–water partition coefficient (Wildman–Crippen LogP) is 2.32. The lowest BCUT2D eigenvalue weighted by molar-refractivity contribution is -0.127. The topological polar surface area (TPSA) is 63.9 Å². The molecule has 1 heterocycles. The highest BCUT2D eigenvalue weighted by molar-refractivity contribution is 7.99. The Hall–Kier alpha value is -1.96. The van der Waals surface area contributed by atoms with Gasteiger partial charge in [-0.1, -0.05) is 23.9 Å². The van der Waals surface area contributed by atoms with Gasteiger partial charge in [-0.3, -0.25) is 4.79 Å². The summed E-state index contributed by atoms with van der Waals surface area (Å²) in [5, 5.41) is 12.2. The monoisotopic (exact) mass is 337 g/mol. The highest BCUT2D eigenvalue weighted by Gasteiger charge is 2.21. The van der Waals surface area contributed by atoms with Crippen LogP contribution in [0, 0.1) is 5.82 Å². The zero-order valence-corrected chi connectivity index (χ0v) is 14.5. The van der Waals surface area contributed by atoms with Gasteiger partial charge in [0.15, 0.2) is 0 Å². The van der Waals surface area contributed by atoms with Crippen molar-refractivity contribution in [2.75, 3.05) is 12.8 Å². The molecule has 0 aliphatic heterocycles. The van der Waals surface area contributed by atoms with Crippen molar-refractivity contribution in [1.82, 2.24) is 25.1 Å². The van der Waals surface area contributed by atoms with E-state index in [2.05, 4.69) is 15.5 Å². The molecule has 0 aliphatic rings. The van der Waals surface area contributed by atoms with Gasteiger partial charge in [0.05, 0.1) is 11.3 Å². The van der Waals surface area contributed by atoms with Gasteiger partial charge in [0.2, 0.25) is 11.1 Å². The second kappa shape index (κ2) is 7.08. The Morgan fingerprint density at radius 2 is 2.13 bits per heavy atom. The molecule has 1 aromatic carbocycles. The molecular formula is C15H20FN5OS. The van der Waals surface area contributed by atoms with Crippen molar-refractivity contribution in [3.05, 3.63) is 35.6 Å². The van der Waals surface area contributed by atoms with Crippen LogP contribution in [0.3, 0.4) is 0 Å². The molecule has 8 heteroatoms. The Morgan fingerprint density at radius 1 is 1.39 bits per heavy atom. The average molecular weight is 337 g/mol. The largest absolute Gasteiger partial charge is 0.341 e. The van der Waals surface area contributed by atoms with E-state index in [0.29, 0.717) is 11.7 Å². The summed E-state index contributed by atoms with van der Waals surface area (Å²) in [6.07, 6.45) is 0.